The summed E-state index contributed by atoms with van der Waals surface area (Å²) in [4.78, 5) is 21.2. The zero-order chi connectivity index (χ0) is 9.68. The highest BCUT2D eigenvalue weighted by Gasteiger charge is 2.03. The molecule has 0 radical (unpaired) electrons. The molecule has 1 N–H and O–H groups in total. The van der Waals surface area contributed by atoms with Gasteiger partial charge in [0, 0.05) is 10.0 Å². The lowest BCUT2D eigenvalue weighted by molar-refractivity contribution is -0.109. The van der Waals surface area contributed by atoms with E-state index < -0.39 is 0 Å². The highest BCUT2D eigenvalue weighted by Crippen LogP contribution is 2.10. The van der Waals surface area contributed by atoms with Crippen LogP contribution in [-0.2, 0) is 4.79 Å². The quantitative estimate of drug-likeness (QED) is 0.640. The van der Waals surface area contributed by atoms with E-state index in [1.807, 2.05) is 0 Å². The summed E-state index contributed by atoms with van der Waals surface area (Å²) in [5, 5.41) is 2.32. The number of carbonyl (C=O) groups excluding carboxylic acids is 2. The lowest BCUT2D eigenvalue weighted by Crippen LogP contribution is -2.21. The Labute approximate surface area is 84.3 Å². The van der Waals surface area contributed by atoms with Gasteiger partial charge >= 0.3 is 0 Å². The fourth-order valence-electron chi connectivity index (χ4n) is 0.872. The molecule has 1 aromatic carbocycles. The van der Waals surface area contributed by atoms with Crippen molar-refractivity contribution in [3.05, 3.63) is 34.3 Å². The number of hydrogen-bond donors (Lipinski definition) is 1. The number of benzene rings is 1. The normalized spacial score (nSPS) is 9.31. The maximum Gasteiger partial charge on any atom is 0.207 e. The molecule has 13 heavy (non-hydrogen) atoms. The summed E-state index contributed by atoms with van der Waals surface area (Å²) in [6.07, 6.45) is 0.511. The summed E-state index contributed by atoms with van der Waals surface area (Å²) in [6.45, 7) is 0.0468. The Kier molecular flexibility index (Phi) is 3.64. The highest BCUT2D eigenvalue weighted by atomic mass is 79.9. The van der Waals surface area contributed by atoms with Crippen molar-refractivity contribution in [1.29, 1.82) is 0 Å². The van der Waals surface area contributed by atoms with E-state index in [1.165, 1.54) is 0 Å². The van der Waals surface area contributed by atoms with Gasteiger partial charge in [0.2, 0.25) is 6.41 Å². The van der Waals surface area contributed by atoms with Gasteiger partial charge in [-0.15, -0.1) is 0 Å². The Morgan fingerprint density at radius 3 is 2.54 bits per heavy atom. The van der Waals surface area contributed by atoms with Crippen molar-refractivity contribution >= 4 is 28.1 Å². The first-order chi connectivity index (χ1) is 6.24. The van der Waals surface area contributed by atoms with Crippen LogP contribution >= 0.6 is 15.9 Å². The molecule has 0 unspecified atom stereocenters. The summed E-state index contributed by atoms with van der Waals surface area (Å²) in [7, 11) is 0. The third kappa shape index (κ3) is 2.99. The van der Waals surface area contributed by atoms with Gasteiger partial charge in [0.05, 0.1) is 6.54 Å². The third-order valence-electron chi connectivity index (χ3n) is 1.51. The Balaban J connectivity index is 2.66. The van der Waals surface area contributed by atoms with Crippen LogP contribution in [-0.4, -0.2) is 18.7 Å². The third-order valence-corrected chi connectivity index (χ3v) is 2.04. The number of amides is 1. The standard InChI is InChI=1S/C9H8BrNO2/c10-8-3-1-7(2-4-8)9(13)5-11-6-12/h1-4,6H,5H2,(H,11,12). The maximum absolute atomic E-state index is 11.3. The second kappa shape index (κ2) is 4.77. The summed E-state index contributed by atoms with van der Waals surface area (Å²) >= 11 is 3.26. The number of halogens is 1. The number of rotatable bonds is 4. The highest BCUT2D eigenvalue weighted by molar-refractivity contribution is 9.10. The van der Waals surface area contributed by atoms with E-state index in [2.05, 4.69) is 21.2 Å². The van der Waals surface area contributed by atoms with Crippen LogP contribution in [0.3, 0.4) is 0 Å². The van der Waals surface area contributed by atoms with Gasteiger partial charge in [0.25, 0.3) is 0 Å². The molecule has 0 aliphatic heterocycles. The molecular formula is C9H8BrNO2. The van der Waals surface area contributed by atoms with E-state index in [9.17, 15) is 9.59 Å². The number of nitrogens with one attached hydrogen (secondary N) is 1. The summed E-state index contributed by atoms with van der Waals surface area (Å²) in [5.41, 5.74) is 0.595. The first-order valence-corrected chi connectivity index (χ1v) is 4.49. The minimum absolute atomic E-state index is 0.0468. The van der Waals surface area contributed by atoms with Crippen LogP contribution in [0.5, 0.6) is 0 Å². The van der Waals surface area contributed by atoms with Crippen molar-refractivity contribution in [2.75, 3.05) is 6.54 Å². The van der Waals surface area contributed by atoms with E-state index in [-0.39, 0.29) is 12.3 Å². The average Bonchev–Trinajstić information content (AvgIpc) is 2.15. The Morgan fingerprint density at radius 2 is 2.00 bits per heavy atom. The van der Waals surface area contributed by atoms with Crippen LogP contribution in [0.2, 0.25) is 0 Å². The van der Waals surface area contributed by atoms with Crippen LogP contribution in [0.15, 0.2) is 28.7 Å². The zero-order valence-electron chi connectivity index (χ0n) is 6.79. The molecule has 0 saturated heterocycles. The van der Waals surface area contributed by atoms with E-state index in [0.29, 0.717) is 12.0 Å². The molecule has 0 aromatic heterocycles. The first kappa shape index (κ1) is 9.92. The van der Waals surface area contributed by atoms with Gasteiger partial charge < -0.3 is 5.32 Å². The maximum atomic E-state index is 11.3. The van der Waals surface area contributed by atoms with Gasteiger partial charge in [-0.05, 0) is 12.1 Å². The molecule has 4 heteroatoms. The lowest BCUT2D eigenvalue weighted by atomic mass is 10.1. The molecular weight excluding hydrogens is 234 g/mol. The lowest BCUT2D eigenvalue weighted by Gasteiger charge is -1.99. The summed E-state index contributed by atoms with van der Waals surface area (Å²) in [6, 6.07) is 6.99. The molecule has 0 spiro atoms. The van der Waals surface area contributed by atoms with Gasteiger partial charge in [0.15, 0.2) is 5.78 Å². The van der Waals surface area contributed by atoms with E-state index in [0.717, 1.165) is 4.47 Å². The van der Waals surface area contributed by atoms with Crippen molar-refractivity contribution in [3.63, 3.8) is 0 Å². The fraction of sp³-hybridized carbons (Fsp3) is 0.111. The number of carbonyl (C=O) groups is 2. The van der Waals surface area contributed by atoms with E-state index >= 15 is 0 Å². The Hall–Kier alpha value is -1.16. The Bertz CT molecular complexity index is 308. The average molecular weight is 242 g/mol. The molecule has 3 nitrogen and oxygen atoms in total. The van der Waals surface area contributed by atoms with E-state index in [4.69, 9.17) is 0 Å². The first-order valence-electron chi connectivity index (χ1n) is 3.70. The second-order valence-corrected chi connectivity index (χ2v) is 3.34. The predicted molar refractivity (Wildman–Crippen MR) is 52.5 cm³/mol. The van der Waals surface area contributed by atoms with Crippen LogP contribution in [0.25, 0.3) is 0 Å². The predicted octanol–water partition coefficient (Wildman–Crippen LogP) is 1.38. The van der Waals surface area contributed by atoms with Gasteiger partial charge in [-0.1, -0.05) is 28.1 Å². The molecule has 0 saturated carbocycles. The molecule has 1 aromatic rings. The largest absolute Gasteiger partial charge is 0.351 e. The van der Waals surface area contributed by atoms with Crippen molar-refractivity contribution in [1.82, 2.24) is 5.32 Å². The van der Waals surface area contributed by atoms with Crippen molar-refractivity contribution < 1.29 is 9.59 Å². The zero-order valence-corrected chi connectivity index (χ0v) is 8.37. The molecule has 68 valence electrons. The second-order valence-electron chi connectivity index (χ2n) is 2.43. The number of hydrogen-bond acceptors (Lipinski definition) is 2. The van der Waals surface area contributed by atoms with Crippen molar-refractivity contribution in [3.8, 4) is 0 Å². The molecule has 0 heterocycles. The Morgan fingerprint density at radius 1 is 1.38 bits per heavy atom. The van der Waals surface area contributed by atoms with Crippen molar-refractivity contribution in [2.45, 2.75) is 0 Å². The smallest absolute Gasteiger partial charge is 0.207 e. The van der Waals surface area contributed by atoms with Gasteiger partial charge in [-0.2, -0.15) is 0 Å². The minimum Gasteiger partial charge on any atom is -0.351 e. The van der Waals surface area contributed by atoms with Crippen LogP contribution in [0, 0.1) is 0 Å². The number of Topliss-reactive ketones (excluding diaryl/α,β-unsaturated/α-hetero) is 1. The number of ketones is 1. The van der Waals surface area contributed by atoms with Gasteiger partial charge in [0.1, 0.15) is 0 Å². The molecule has 0 aliphatic rings. The van der Waals surface area contributed by atoms with E-state index in [1.54, 1.807) is 24.3 Å². The molecule has 1 rings (SSSR count). The fourth-order valence-corrected chi connectivity index (χ4v) is 1.14. The SMILES string of the molecule is O=CNCC(=O)c1ccc(Br)cc1. The van der Waals surface area contributed by atoms with Gasteiger partial charge in [-0.3, -0.25) is 9.59 Å². The summed E-state index contributed by atoms with van der Waals surface area (Å²) < 4.78 is 0.924. The van der Waals surface area contributed by atoms with Gasteiger partial charge in [-0.25, -0.2) is 0 Å². The molecule has 0 atom stereocenters. The molecule has 1 amide bonds. The minimum atomic E-state index is -0.0976. The molecule has 0 fully saturated rings. The molecule has 0 bridgehead atoms. The molecule has 0 aliphatic carbocycles. The van der Waals surface area contributed by atoms with Crippen LogP contribution in [0.1, 0.15) is 10.4 Å². The van der Waals surface area contributed by atoms with Crippen LogP contribution in [0.4, 0.5) is 0 Å². The summed E-state index contributed by atoms with van der Waals surface area (Å²) in [5.74, 6) is -0.0976. The monoisotopic (exact) mass is 241 g/mol. The van der Waals surface area contributed by atoms with Crippen LogP contribution < -0.4 is 5.32 Å². The van der Waals surface area contributed by atoms with Crippen molar-refractivity contribution in [2.24, 2.45) is 0 Å². The topological polar surface area (TPSA) is 46.2 Å².